The number of nitrogens with zero attached hydrogens (tertiary/aromatic N) is 3. The van der Waals surface area contributed by atoms with Gasteiger partial charge in [0.2, 0.25) is 0 Å². The molecule has 1 aliphatic rings. The zero-order valence-electron chi connectivity index (χ0n) is 17.4. The summed E-state index contributed by atoms with van der Waals surface area (Å²) in [6.07, 6.45) is 3.63. The Kier molecular flexibility index (Phi) is 5.80. The summed E-state index contributed by atoms with van der Waals surface area (Å²) in [5, 5.41) is 12.3. The van der Waals surface area contributed by atoms with Gasteiger partial charge in [0, 0.05) is 34.6 Å². The van der Waals surface area contributed by atoms with E-state index >= 15 is 0 Å². The highest BCUT2D eigenvalue weighted by Gasteiger charge is 2.36. The maximum atomic E-state index is 12.8. The van der Waals surface area contributed by atoms with Crippen LogP contribution in [-0.2, 0) is 5.41 Å². The highest BCUT2D eigenvalue weighted by Crippen LogP contribution is 2.39. The molecule has 6 nitrogen and oxygen atoms in total. The standard InChI is InChI=1S/C23H28ClN5O/c1-15(2)29-21-7-6-16(12-20(21)27-28-29)22(30)26-19-8-10-23(14-25,11-9-19)17-4-3-5-18(24)13-17/h3-7,12-13,15,19H,8-11,14,25H2,1-2H3,(H,26,30)/t19-,23-. The fourth-order valence-corrected chi connectivity index (χ4v) is 4.67. The smallest absolute Gasteiger partial charge is 0.251 e. The summed E-state index contributed by atoms with van der Waals surface area (Å²) in [6, 6.07) is 13.9. The zero-order valence-corrected chi connectivity index (χ0v) is 18.2. The minimum Gasteiger partial charge on any atom is -0.349 e. The first kappa shape index (κ1) is 20.8. The highest BCUT2D eigenvalue weighted by atomic mass is 35.5. The fourth-order valence-electron chi connectivity index (χ4n) is 4.48. The molecule has 4 rings (SSSR count). The summed E-state index contributed by atoms with van der Waals surface area (Å²) in [7, 11) is 0. The van der Waals surface area contributed by atoms with Gasteiger partial charge in [0.25, 0.3) is 5.91 Å². The topological polar surface area (TPSA) is 85.8 Å². The molecular weight excluding hydrogens is 398 g/mol. The average molecular weight is 426 g/mol. The molecule has 0 saturated heterocycles. The van der Waals surface area contributed by atoms with Crippen molar-refractivity contribution in [2.24, 2.45) is 5.73 Å². The molecule has 1 aromatic heterocycles. The number of carbonyl (C=O) groups is 1. The van der Waals surface area contributed by atoms with Gasteiger partial charge in [-0.25, -0.2) is 4.68 Å². The Balaban J connectivity index is 1.43. The van der Waals surface area contributed by atoms with Crippen molar-refractivity contribution in [3.8, 4) is 0 Å². The van der Waals surface area contributed by atoms with Crippen molar-refractivity contribution in [2.75, 3.05) is 6.54 Å². The number of fused-ring (bicyclic) bond motifs is 1. The summed E-state index contributed by atoms with van der Waals surface area (Å²) in [5.74, 6) is -0.0657. The molecule has 1 saturated carbocycles. The van der Waals surface area contributed by atoms with Crippen molar-refractivity contribution < 1.29 is 4.79 Å². The van der Waals surface area contributed by atoms with E-state index in [0.29, 0.717) is 12.1 Å². The number of nitrogens with one attached hydrogen (secondary N) is 1. The van der Waals surface area contributed by atoms with Crippen LogP contribution in [-0.4, -0.2) is 33.5 Å². The van der Waals surface area contributed by atoms with Crippen LogP contribution in [0, 0.1) is 0 Å². The first-order valence-electron chi connectivity index (χ1n) is 10.5. The predicted molar refractivity (Wildman–Crippen MR) is 120 cm³/mol. The Bertz CT molecular complexity index is 1050. The van der Waals surface area contributed by atoms with Crippen LogP contribution in [0.5, 0.6) is 0 Å². The lowest BCUT2D eigenvalue weighted by atomic mass is 9.68. The van der Waals surface area contributed by atoms with Gasteiger partial charge in [0.05, 0.1) is 5.52 Å². The van der Waals surface area contributed by atoms with Gasteiger partial charge in [-0.1, -0.05) is 28.9 Å². The lowest BCUT2D eigenvalue weighted by molar-refractivity contribution is 0.0918. The number of nitrogens with two attached hydrogens (primary N) is 1. The van der Waals surface area contributed by atoms with E-state index in [1.165, 1.54) is 5.56 Å². The number of amides is 1. The Labute approximate surface area is 181 Å². The van der Waals surface area contributed by atoms with E-state index in [2.05, 4.69) is 35.5 Å². The minimum absolute atomic E-state index is 0.0657. The molecule has 2 aromatic carbocycles. The van der Waals surface area contributed by atoms with Crippen molar-refractivity contribution in [1.29, 1.82) is 0 Å². The number of rotatable bonds is 5. The van der Waals surface area contributed by atoms with Gasteiger partial charge in [0.1, 0.15) is 5.52 Å². The summed E-state index contributed by atoms with van der Waals surface area (Å²) in [5.41, 5.74) is 9.61. The summed E-state index contributed by atoms with van der Waals surface area (Å²) in [4.78, 5) is 12.8. The highest BCUT2D eigenvalue weighted by molar-refractivity contribution is 6.30. The molecular formula is C23H28ClN5O. The molecule has 0 radical (unpaired) electrons. The van der Waals surface area contributed by atoms with Crippen molar-refractivity contribution in [1.82, 2.24) is 20.3 Å². The van der Waals surface area contributed by atoms with Gasteiger partial charge in [-0.2, -0.15) is 0 Å². The maximum absolute atomic E-state index is 12.8. The summed E-state index contributed by atoms with van der Waals surface area (Å²) < 4.78 is 1.86. The number of benzene rings is 2. The molecule has 0 unspecified atom stereocenters. The third-order valence-corrected chi connectivity index (χ3v) is 6.56. The van der Waals surface area contributed by atoms with Crippen LogP contribution >= 0.6 is 11.6 Å². The predicted octanol–water partition coefficient (Wildman–Crippen LogP) is 4.23. The van der Waals surface area contributed by atoms with Gasteiger partial charge in [-0.05, 0) is 75.4 Å². The van der Waals surface area contributed by atoms with E-state index in [4.69, 9.17) is 17.3 Å². The number of aromatic nitrogens is 3. The molecule has 1 fully saturated rings. The van der Waals surface area contributed by atoms with Gasteiger partial charge in [0.15, 0.2) is 0 Å². The van der Waals surface area contributed by atoms with Crippen LogP contribution in [0.2, 0.25) is 5.02 Å². The second-order valence-corrected chi connectivity index (χ2v) is 9.01. The Morgan fingerprint density at radius 1 is 1.27 bits per heavy atom. The van der Waals surface area contributed by atoms with Gasteiger partial charge in [-0.15, -0.1) is 5.10 Å². The third kappa shape index (κ3) is 3.94. The number of hydrogen-bond donors (Lipinski definition) is 2. The van der Waals surface area contributed by atoms with Crippen molar-refractivity contribution >= 4 is 28.5 Å². The molecule has 3 N–H and O–H groups in total. The van der Waals surface area contributed by atoms with Crippen LogP contribution in [0.1, 0.15) is 61.5 Å². The molecule has 1 heterocycles. The lowest BCUT2D eigenvalue weighted by Crippen LogP contribution is -2.45. The second kappa shape index (κ2) is 8.36. The van der Waals surface area contributed by atoms with Crippen molar-refractivity contribution in [2.45, 2.75) is 57.0 Å². The Morgan fingerprint density at radius 2 is 2.03 bits per heavy atom. The summed E-state index contributed by atoms with van der Waals surface area (Å²) >= 11 is 6.20. The van der Waals surface area contributed by atoms with Crippen molar-refractivity contribution in [3.05, 3.63) is 58.6 Å². The largest absolute Gasteiger partial charge is 0.349 e. The first-order chi connectivity index (χ1) is 14.4. The maximum Gasteiger partial charge on any atom is 0.251 e. The Morgan fingerprint density at radius 3 is 2.70 bits per heavy atom. The van der Waals surface area contributed by atoms with E-state index in [1.54, 1.807) is 0 Å². The van der Waals surface area contributed by atoms with Crippen LogP contribution in [0.4, 0.5) is 0 Å². The lowest BCUT2D eigenvalue weighted by Gasteiger charge is -2.40. The molecule has 1 aliphatic carbocycles. The van der Waals surface area contributed by atoms with E-state index in [0.717, 1.165) is 41.7 Å². The molecule has 158 valence electrons. The van der Waals surface area contributed by atoms with Crippen LogP contribution in [0.15, 0.2) is 42.5 Å². The average Bonchev–Trinajstić information content (AvgIpc) is 3.18. The molecule has 1 amide bonds. The number of hydrogen-bond acceptors (Lipinski definition) is 4. The number of halogens is 1. The normalized spacial score (nSPS) is 21.8. The van der Waals surface area contributed by atoms with Crippen LogP contribution in [0.25, 0.3) is 11.0 Å². The van der Waals surface area contributed by atoms with Gasteiger partial charge >= 0.3 is 0 Å². The SMILES string of the molecule is CC(C)n1nnc2cc(C(=O)N[C@H]3CC[C@](CN)(c4cccc(Cl)c4)CC3)ccc21. The fraction of sp³-hybridized carbons (Fsp3) is 0.435. The van der Waals surface area contributed by atoms with E-state index in [9.17, 15) is 4.79 Å². The zero-order chi connectivity index (χ0) is 21.3. The monoisotopic (exact) mass is 425 g/mol. The van der Waals surface area contributed by atoms with E-state index < -0.39 is 0 Å². The third-order valence-electron chi connectivity index (χ3n) is 6.33. The van der Waals surface area contributed by atoms with E-state index in [1.807, 2.05) is 41.1 Å². The van der Waals surface area contributed by atoms with E-state index in [-0.39, 0.29) is 23.4 Å². The molecule has 0 spiro atoms. The van der Waals surface area contributed by atoms with Crippen molar-refractivity contribution in [3.63, 3.8) is 0 Å². The van der Waals surface area contributed by atoms with Gasteiger partial charge in [-0.3, -0.25) is 4.79 Å². The molecule has 3 aromatic rings. The molecule has 7 heteroatoms. The second-order valence-electron chi connectivity index (χ2n) is 8.57. The molecule has 0 aliphatic heterocycles. The Hall–Kier alpha value is -2.44. The minimum atomic E-state index is -0.0691. The molecule has 0 bridgehead atoms. The van der Waals surface area contributed by atoms with Crippen LogP contribution in [0.3, 0.4) is 0 Å². The van der Waals surface area contributed by atoms with Crippen LogP contribution < -0.4 is 11.1 Å². The summed E-state index contributed by atoms with van der Waals surface area (Å²) in [6.45, 7) is 4.70. The quantitative estimate of drug-likeness (QED) is 0.640. The molecule has 30 heavy (non-hydrogen) atoms. The number of carbonyl (C=O) groups excluding carboxylic acids is 1. The first-order valence-corrected chi connectivity index (χ1v) is 10.9. The van der Waals surface area contributed by atoms with Gasteiger partial charge < -0.3 is 11.1 Å². The molecule has 0 atom stereocenters.